The lowest BCUT2D eigenvalue weighted by Crippen LogP contribution is -2.48. The zero-order chi connectivity index (χ0) is 21.0. The maximum absolute atomic E-state index is 12.6. The standard InChI is InChI=1S/C23H25ClN2O3S/c1-14-6-8-16(9-7-14)30(27,28)29-13-15-10-18-17-4-3-5-20-22(17)19(23(24)25-20)11-21(18)26(2)12-15/h3-9,15,18,21,25H,10-13H2,1-2H3/t15-,18+,21+/m0/s1. The topological polar surface area (TPSA) is 62.4 Å². The van der Waals surface area contributed by atoms with E-state index in [4.69, 9.17) is 15.8 Å². The van der Waals surface area contributed by atoms with Gasteiger partial charge in [0.25, 0.3) is 10.1 Å². The minimum absolute atomic E-state index is 0.141. The summed E-state index contributed by atoms with van der Waals surface area (Å²) < 4.78 is 30.7. The molecule has 1 aliphatic carbocycles. The Labute approximate surface area is 182 Å². The van der Waals surface area contributed by atoms with Crippen LogP contribution in [0.25, 0.3) is 10.9 Å². The molecule has 5 nitrogen and oxygen atoms in total. The summed E-state index contributed by atoms with van der Waals surface area (Å²) in [5.74, 6) is 0.477. The maximum Gasteiger partial charge on any atom is 0.296 e. The van der Waals surface area contributed by atoms with Gasteiger partial charge >= 0.3 is 0 Å². The van der Waals surface area contributed by atoms with Crippen molar-refractivity contribution in [2.45, 2.75) is 36.6 Å². The Hall–Kier alpha value is -1.86. The fraction of sp³-hybridized carbons (Fsp3) is 0.391. The molecule has 1 aromatic heterocycles. The molecule has 2 aliphatic rings. The number of hydrogen-bond donors (Lipinski definition) is 1. The molecule has 1 fully saturated rings. The van der Waals surface area contributed by atoms with E-state index in [2.05, 4.69) is 35.1 Å². The van der Waals surface area contributed by atoms with Gasteiger partial charge in [0.2, 0.25) is 0 Å². The summed E-state index contributed by atoms with van der Waals surface area (Å²) in [5, 5.41) is 1.98. The highest BCUT2D eigenvalue weighted by molar-refractivity contribution is 7.86. The van der Waals surface area contributed by atoms with E-state index >= 15 is 0 Å². The van der Waals surface area contributed by atoms with Crippen LogP contribution < -0.4 is 0 Å². The first-order valence-corrected chi connectivity index (χ1v) is 12.1. The third-order valence-electron chi connectivity index (χ3n) is 6.65. The Bertz CT molecular complexity index is 1200. The lowest BCUT2D eigenvalue weighted by molar-refractivity contribution is 0.0854. The molecule has 5 rings (SSSR count). The lowest BCUT2D eigenvalue weighted by Gasteiger charge is -2.45. The van der Waals surface area contributed by atoms with Crippen molar-refractivity contribution in [2.75, 3.05) is 20.2 Å². The summed E-state index contributed by atoms with van der Waals surface area (Å²) in [6, 6.07) is 13.5. The third-order valence-corrected chi connectivity index (χ3v) is 8.27. The van der Waals surface area contributed by atoms with Crippen LogP contribution in [0.3, 0.4) is 0 Å². The number of hydrogen-bond acceptors (Lipinski definition) is 4. The summed E-state index contributed by atoms with van der Waals surface area (Å²) >= 11 is 6.49. The number of likely N-dealkylation sites (N-methyl/N-ethyl adjacent to an activating group) is 1. The highest BCUT2D eigenvalue weighted by Gasteiger charge is 2.40. The van der Waals surface area contributed by atoms with Crippen molar-refractivity contribution in [3.05, 3.63) is 64.3 Å². The van der Waals surface area contributed by atoms with Crippen LogP contribution in [-0.2, 0) is 20.7 Å². The predicted octanol–water partition coefficient (Wildman–Crippen LogP) is 4.50. The number of likely N-dealkylation sites (tertiary alicyclic amines) is 1. The molecular formula is C23H25ClN2O3S. The molecule has 3 aromatic rings. The first kappa shape index (κ1) is 20.1. The second-order valence-corrected chi connectivity index (χ2v) is 10.7. The molecule has 0 amide bonds. The second kappa shape index (κ2) is 7.38. The molecule has 7 heteroatoms. The van der Waals surface area contributed by atoms with E-state index in [0.29, 0.717) is 12.0 Å². The van der Waals surface area contributed by atoms with Gasteiger partial charge in [0.05, 0.1) is 11.5 Å². The van der Waals surface area contributed by atoms with Crippen molar-refractivity contribution >= 4 is 32.6 Å². The highest BCUT2D eigenvalue weighted by Crippen LogP contribution is 2.46. The van der Waals surface area contributed by atoms with Crippen molar-refractivity contribution in [1.29, 1.82) is 0 Å². The van der Waals surface area contributed by atoms with Crippen LogP contribution in [0.4, 0.5) is 0 Å². The molecule has 2 aromatic carbocycles. The summed E-state index contributed by atoms with van der Waals surface area (Å²) in [6.45, 7) is 2.93. The number of benzene rings is 2. The highest BCUT2D eigenvalue weighted by atomic mass is 35.5. The van der Waals surface area contributed by atoms with Gasteiger partial charge in [0, 0.05) is 29.4 Å². The summed E-state index contributed by atoms with van der Waals surface area (Å²) in [6.07, 6.45) is 1.81. The van der Waals surface area contributed by atoms with Crippen molar-refractivity contribution < 1.29 is 12.6 Å². The number of fused-ring (bicyclic) bond motifs is 2. The molecule has 0 saturated carbocycles. The molecule has 3 atom stereocenters. The molecule has 1 N–H and O–H groups in total. The third kappa shape index (κ3) is 3.36. The number of nitrogens with one attached hydrogen (secondary N) is 1. The quantitative estimate of drug-likeness (QED) is 0.602. The van der Waals surface area contributed by atoms with E-state index in [0.717, 1.165) is 35.6 Å². The monoisotopic (exact) mass is 444 g/mol. The number of halogens is 1. The SMILES string of the molecule is Cc1ccc(S(=O)(=O)OC[C@H]2C[C@@H]3c4cccc5[nH]c(Cl)c(c45)C[C@H]3N(C)C2)cc1. The van der Waals surface area contributed by atoms with Crippen LogP contribution in [-0.4, -0.2) is 44.5 Å². The molecule has 158 valence electrons. The van der Waals surface area contributed by atoms with Crippen molar-refractivity contribution in [2.24, 2.45) is 5.92 Å². The van der Waals surface area contributed by atoms with Crippen LogP contribution in [0.15, 0.2) is 47.4 Å². The van der Waals surface area contributed by atoms with E-state index in [1.807, 2.05) is 6.92 Å². The smallest absolute Gasteiger partial charge is 0.296 e. The zero-order valence-corrected chi connectivity index (χ0v) is 18.6. The molecule has 2 heterocycles. The van der Waals surface area contributed by atoms with Gasteiger partial charge in [-0.3, -0.25) is 4.18 Å². The molecule has 0 bridgehead atoms. The first-order chi connectivity index (χ1) is 14.3. The van der Waals surface area contributed by atoms with Gasteiger partial charge in [-0.05, 0) is 62.1 Å². The number of aromatic nitrogens is 1. The normalized spacial score (nSPS) is 24.2. The Morgan fingerprint density at radius 2 is 1.97 bits per heavy atom. The molecule has 0 spiro atoms. The molecule has 1 saturated heterocycles. The molecule has 0 unspecified atom stereocenters. The minimum Gasteiger partial charge on any atom is -0.345 e. The molecule has 30 heavy (non-hydrogen) atoms. The van der Waals surface area contributed by atoms with Crippen molar-refractivity contribution in [1.82, 2.24) is 9.88 Å². The summed E-state index contributed by atoms with van der Waals surface area (Å²) in [7, 11) is -1.63. The Kier molecular flexibility index (Phi) is 4.93. The van der Waals surface area contributed by atoms with Crippen LogP contribution in [0, 0.1) is 12.8 Å². The number of nitrogens with zero attached hydrogens (tertiary/aromatic N) is 1. The summed E-state index contributed by atoms with van der Waals surface area (Å²) in [5.41, 5.74) is 4.60. The van der Waals surface area contributed by atoms with E-state index in [-0.39, 0.29) is 17.4 Å². The number of rotatable bonds is 4. The van der Waals surface area contributed by atoms with Crippen molar-refractivity contribution in [3.8, 4) is 0 Å². The average molecular weight is 445 g/mol. The van der Waals surface area contributed by atoms with Gasteiger partial charge in [-0.2, -0.15) is 8.42 Å². The second-order valence-electron chi connectivity index (χ2n) is 8.66. The molecule has 1 aliphatic heterocycles. The largest absolute Gasteiger partial charge is 0.345 e. The lowest BCUT2D eigenvalue weighted by atomic mass is 9.72. The number of H-pyrrole nitrogens is 1. The Morgan fingerprint density at radius 1 is 1.20 bits per heavy atom. The molecule has 0 radical (unpaired) electrons. The predicted molar refractivity (Wildman–Crippen MR) is 119 cm³/mol. The van der Waals surface area contributed by atoms with Gasteiger partial charge < -0.3 is 9.88 Å². The van der Waals surface area contributed by atoms with E-state index < -0.39 is 10.1 Å². The minimum atomic E-state index is -3.75. The average Bonchev–Trinajstić information content (AvgIpc) is 3.04. The molecular weight excluding hydrogens is 420 g/mol. The fourth-order valence-electron chi connectivity index (χ4n) is 5.18. The van der Waals surface area contributed by atoms with Crippen LogP contribution in [0.1, 0.15) is 29.0 Å². The van der Waals surface area contributed by atoms with E-state index in [1.165, 1.54) is 16.5 Å². The maximum atomic E-state index is 12.6. The van der Waals surface area contributed by atoms with Gasteiger partial charge in [0.15, 0.2) is 0 Å². The number of aryl methyl sites for hydroxylation is 1. The first-order valence-electron chi connectivity index (χ1n) is 10.3. The van der Waals surface area contributed by atoms with Crippen LogP contribution in [0.5, 0.6) is 0 Å². The van der Waals surface area contributed by atoms with Gasteiger partial charge in [-0.15, -0.1) is 0 Å². The van der Waals surface area contributed by atoms with E-state index in [1.54, 1.807) is 24.3 Å². The van der Waals surface area contributed by atoms with Gasteiger partial charge in [0.1, 0.15) is 5.15 Å². The van der Waals surface area contributed by atoms with Gasteiger partial charge in [-0.1, -0.05) is 41.4 Å². The number of piperidine rings is 1. The number of aromatic amines is 1. The van der Waals surface area contributed by atoms with E-state index in [9.17, 15) is 8.42 Å². The van der Waals surface area contributed by atoms with Crippen LogP contribution in [0.2, 0.25) is 5.15 Å². The van der Waals surface area contributed by atoms with Gasteiger partial charge in [-0.25, -0.2) is 0 Å². The van der Waals surface area contributed by atoms with Crippen molar-refractivity contribution in [3.63, 3.8) is 0 Å². The summed E-state index contributed by atoms with van der Waals surface area (Å²) in [4.78, 5) is 5.86. The Morgan fingerprint density at radius 3 is 2.73 bits per heavy atom. The zero-order valence-electron chi connectivity index (χ0n) is 17.1. The Balaban J connectivity index is 1.38. The fourth-order valence-corrected chi connectivity index (χ4v) is 6.43. The van der Waals surface area contributed by atoms with Crippen LogP contribution >= 0.6 is 11.6 Å².